The zero-order chi connectivity index (χ0) is 22.1. The van der Waals surface area contributed by atoms with Crippen molar-refractivity contribution in [3.05, 3.63) is 84.3 Å². The highest BCUT2D eigenvalue weighted by Crippen LogP contribution is 2.30. The third kappa shape index (κ3) is 4.11. The van der Waals surface area contributed by atoms with Gasteiger partial charge in [-0.3, -0.25) is 4.79 Å². The van der Waals surface area contributed by atoms with Gasteiger partial charge in [0.25, 0.3) is 0 Å². The maximum atomic E-state index is 13.5. The lowest BCUT2D eigenvalue weighted by molar-refractivity contribution is -0.141. The summed E-state index contributed by atoms with van der Waals surface area (Å²) in [7, 11) is 1.39. The molecule has 0 aliphatic carbocycles. The summed E-state index contributed by atoms with van der Waals surface area (Å²) in [5.41, 5.74) is 4.15. The fourth-order valence-electron chi connectivity index (χ4n) is 3.58. The third-order valence-electron chi connectivity index (χ3n) is 5.20. The van der Waals surface area contributed by atoms with Crippen LogP contribution in [0, 0.1) is 5.82 Å². The third-order valence-corrected chi connectivity index (χ3v) is 6.26. The van der Waals surface area contributed by atoms with Crippen molar-refractivity contribution in [3.63, 3.8) is 0 Å². The lowest BCUT2D eigenvalue weighted by atomic mass is 10.2. The molecule has 0 N–H and O–H groups in total. The maximum Gasteiger partial charge on any atom is 0.325 e. The van der Waals surface area contributed by atoms with E-state index in [0.717, 1.165) is 32.6 Å². The van der Waals surface area contributed by atoms with Crippen molar-refractivity contribution >= 4 is 39.7 Å². The van der Waals surface area contributed by atoms with Crippen molar-refractivity contribution in [2.45, 2.75) is 17.2 Å². The van der Waals surface area contributed by atoms with Gasteiger partial charge in [0.05, 0.1) is 7.11 Å². The standard InChI is InChI=1S/C25H19FN2O3S/c1-30-24(29)14-28-10-9-17-13-20(6-7-22(17)28)32-15-16-5-8-23-21(11-16)27-25(31-23)18-3-2-4-19(26)12-18/h2-13H,14-15H2,1H3. The summed E-state index contributed by atoms with van der Waals surface area (Å²) in [5, 5.41) is 1.07. The van der Waals surface area contributed by atoms with E-state index >= 15 is 0 Å². The molecule has 2 aromatic heterocycles. The van der Waals surface area contributed by atoms with Crippen LogP contribution in [0.25, 0.3) is 33.5 Å². The van der Waals surface area contributed by atoms with E-state index in [2.05, 4.69) is 17.1 Å². The van der Waals surface area contributed by atoms with Crippen LogP contribution in [-0.4, -0.2) is 22.6 Å². The van der Waals surface area contributed by atoms with E-state index in [4.69, 9.17) is 9.15 Å². The number of nitrogens with zero attached hydrogens (tertiary/aromatic N) is 2. The lowest BCUT2D eigenvalue weighted by Gasteiger charge is -2.05. The average molecular weight is 447 g/mol. The van der Waals surface area contributed by atoms with Gasteiger partial charge in [0.1, 0.15) is 17.9 Å². The van der Waals surface area contributed by atoms with Crippen LogP contribution in [0.2, 0.25) is 0 Å². The highest BCUT2D eigenvalue weighted by atomic mass is 32.2. The Hall–Kier alpha value is -3.58. The lowest BCUT2D eigenvalue weighted by Crippen LogP contribution is -2.10. The Bertz CT molecular complexity index is 1440. The molecule has 32 heavy (non-hydrogen) atoms. The predicted molar refractivity (Wildman–Crippen MR) is 123 cm³/mol. The number of fused-ring (bicyclic) bond motifs is 2. The van der Waals surface area contributed by atoms with Crippen molar-refractivity contribution in [3.8, 4) is 11.5 Å². The molecule has 0 fully saturated rings. The quantitative estimate of drug-likeness (QED) is 0.235. The monoisotopic (exact) mass is 446 g/mol. The maximum absolute atomic E-state index is 13.5. The Labute approximate surface area is 187 Å². The first-order chi connectivity index (χ1) is 15.6. The SMILES string of the molecule is COC(=O)Cn1ccc2cc(SCc3ccc4oc(-c5cccc(F)c5)nc4c3)ccc21. The number of esters is 1. The number of thioether (sulfide) groups is 1. The molecule has 7 heteroatoms. The van der Waals surface area contributed by atoms with Gasteiger partial charge in [-0.15, -0.1) is 11.8 Å². The Morgan fingerprint density at radius 3 is 2.88 bits per heavy atom. The van der Waals surface area contributed by atoms with Gasteiger partial charge in [-0.25, -0.2) is 9.37 Å². The first kappa shape index (κ1) is 20.3. The van der Waals surface area contributed by atoms with Gasteiger partial charge in [0.2, 0.25) is 5.89 Å². The molecular formula is C25H19FN2O3S. The van der Waals surface area contributed by atoms with Crippen molar-refractivity contribution in [2.75, 3.05) is 7.11 Å². The molecule has 0 saturated heterocycles. The fraction of sp³-hybridized carbons (Fsp3) is 0.120. The number of carbonyl (C=O) groups is 1. The molecule has 0 radical (unpaired) electrons. The topological polar surface area (TPSA) is 57.3 Å². The molecule has 0 bridgehead atoms. The van der Waals surface area contributed by atoms with E-state index in [1.165, 1.54) is 19.2 Å². The number of hydrogen-bond donors (Lipinski definition) is 0. The summed E-state index contributed by atoms with van der Waals surface area (Å²) in [5.74, 6) is 0.586. The highest BCUT2D eigenvalue weighted by Gasteiger charge is 2.11. The molecule has 5 nitrogen and oxygen atoms in total. The molecule has 0 saturated carbocycles. The second kappa shape index (κ2) is 8.51. The van der Waals surface area contributed by atoms with Crippen LogP contribution in [0.4, 0.5) is 4.39 Å². The van der Waals surface area contributed by atoms with Crippen LogP contribution in [0.5, 0.6) is 0 Å². The number of benzene rings is 3. The molecule has 5 aromatic rings. The molecule has 5 rings (SSSR count). The van der Waals surface area contributed by atoms with Gasteiger partial charge < -0.3 is 13.7 Å². The summed E-state index contributed by atoms with van der Waals surface area (Å²) >= 11 is 1.72. The van der Waals surface area contributed by atoms with Crippen molar-refractivity contribution < 1.29 is 18.3 Å². The minimum absolute atomic E-state index is 0.196. The first-order valence-corrected chi connectivity index (χ1v) is 11.0. The Morgan fingerprint density at radius 2 is 2.03 bits per heavy atom. The Morgan fingerprint density at radius 1 is 1.12 bits per heavy atom. The molecule has 0 amide bonds. The van der Waals surface area contributed by atoms with E-state index in [0.29, 0.717) is 17.0 Å². The van der Waals surface area contributed by atoms with Crippen LogP contribution in [0.1, 0.15) is 5.56 Å². The van der Waals surface area contributed by atoms with Gasteiger partial charge in [-0.1, -0.05) is 12.1 Å². The molecule has 160 valence electrons. The Balaban J connectivity index is 1.32. The summed E-state index contributed by atoms with van der Waals surface area (Å²) in [4.78, 5) is 17.2. The number of rotatable bonds is 6. The van der Waals surface area contributed by atoms with Gasteiger partial charge in [-0.05, 0) is 60.2 Å². The molecule has 0 atom stereocenters. The van der Waals surface area contributed by atoms with Crippen molar-refractivity contribution in [2.24, 2.45) is 0 Å². The summed E-state index contributed by atoms with van der Waals surface area (Å²) < 4.78 is 25.9. The number of carbonyl (C=O) groups excluding carboxylic acids is 1. The molecule has 0 aliphatic heterocycles. The molecule has 3 aromatic carbocycles. The second-order valence-corrected chi connectivity index (χ2v) is 8.41. The highest BCUT2D eigenvalue weighted by molar-refractivity contribution is 7.98. The molecule has 2 heterocycles. The first-order valence-electron chi connectivity index (χ1n) is 10.0. The summed E-state index contributed by atoms with van der Waals surface area (Å²) in [6, 6.07) is 20.3. The van der Waals surface area contributed by atoms with Gasteiger partial charge in [0.15, 0.2) is 5.58 Å². The van der Waals surface area contributed by atoms with Crippen LogP contribution < -0.4 is 0 Å². The largest absolute Gasteiger partial charge is 0.468 e. The Kier molecular flexibility index (Phi) is 5.41. The predicted octanol–water partition coefficient (Wildman–Crippen LogP) is 6.05. The normalized spacial score (nSPS) is 11.3. The van der Waals surface area contributed by atoms with Crippen LogP contribution in [0.15, 0.2) is 82.2 Å². The minimum Gasteiger partial charge on any atom is -0.468 e. The smallest absolute Gasteiger partial charge is 0.325 e. The van der Waals surface area contributed by atoms with Crippen molar-refractivity contribution in [1.82, 2.24) is 9.55 Å². The van der Waals surface area contributed by atoms with E-state index in [1.54, 1.807) is 23.9 Å². The molecule has 0 spiro atoms. The number of methoxy groups -OCH3 is 1. The number of halogens is 1. The zero-order valence-corrected chi connectivity index (χ0v) is 18.1. The molecule has 0 aliphatic rings. The average Bonchev–Trinajstić information content (AvgIpc) is 3.41. The number of ether oxygens (including phenoxy) is 1. The van der Waals surface area contributed by atoms with Gasteiger partial charge in [0, 0.05) is 33.3 Å². The zero-order valence-electron chi connectivity index (χ0n) is 17.2. The number of aromatic nitrogens is 2. The van der Waals surface area contributed by atoms with Crippen LogP contribution in [0.3, 0.4) is 0 Å². The molecule has 0 unspecified atom stereocenters. The summed E-state index contributed by atoms with van der Waals surface area (Å²) in [6.07, 6.45) is 1.89. The van der Waals surface area contributed by atoms with Crippen molar-refractivity contribution in [1.29, 1.82) is 0 Å². The number of oxazole rings is 1. The van der Waals surface area contributed by atoms with E-state index in [1.807, 2.05) is 41.1 Å². The molecular weight excluding hydrogens is 427 g/mol. The minimum atomic E-state index is -0.320. The van der Waals surface area contributed by atoms with Crippen LogP contribution >= 0.6 is 11.8 Å². The van der Waals surface area contributed by atoms with Gasteiger partial charge in [-0.2, -0.15) is 0 Å². The van der Waals surface area contributed by atoms with E-state index in [-0.39, 0.29) is 18.3 Å². The van der Waals surface area contributed by atoms with Crippen LogP contribution in [-0.2, 0) is 21.8 Å². The van der Waals surface area contributed by atoms with Gasteiger partial charge >= 0.3 is 5.97 Å². The second-order valence-electron chi connectivity index (χ2n) is 7.36. The number of hydrogen-bond acceptors (Lipinski definition) is 5. The van der Waals surface area contributed by atoms with E-state index in [9.17, 15) is 9.18 Å². The summed E-state index contributed by atoms with van der Waals surface area (Å²) in [6.45, 7) is 0.196. The fourth-order valence-corrected chi connectivity index (χ4v) is 4.47. The van der Waals surface area contributed by atoms with E-state index < -0.39 is 0 Å².